The number of nitrogens with zero attached hydrogens (tertiary/aromatic N) is 4. The molecule has 0 bridgehead atoms. The standard InChI is InChI=1S/C90H99BN4/c1-83(2,3)57-39-54(40-58(45-57)84(4,5)6)69-51-70(55-41-59(85(7,8)9)46-60(42-55)86(10,11)12)93-82(92-69)56-43-73-79-74(44-56)95-72-50-62(88(16,17)18)48-66(90(22,23)24)78(72)76-64(53-33-29-26-30-34-53)36-38-68(81(76)95)91(79)67-37-35-63(52-31-27-25-28-32-52)75-77-65(89(19,20)21)47-61(87(13,14)15)49-71(77)94(73)80(67)75/h25-51H,1-24H3. The average Bonchev–Trinajstić information content (AvgIpc) is 1.53. The van der Waals surface area contributed by atoms with Crippen molar-refractivity contribution in [1.82, 2.24) is 19.1 Å². The number of rotatable bonds is 5. The first-order chi connectivity index (χ1) is 44.2. The van der Waals surface area contributed by atoms with E-state index in [0.29, 0.717) is 5.82 Å². The Bertz CT molecular complexity index is 4780. The Kier molecular flexibility index (Phi) is 14.2. The van der Waals surface area contributed by atoms with Crippen LogP contribution >= 0.6 is 0 Å². The zero-order valence-corrected chi connectivity index (χ0v) is 61.5. The number of hydrogen-bond donors (Lipinski definition) is 0. The first-order valence-electron chi connectivity index (χ1n) is 35.0. The van der Waals surface area contributed by atoms with Crippen LogP contribution in [-0.4, -0.2) is 25.8 Å². The molecule has 0 saturated heterocycles. The van der Waals surface area contributed by atoms with Gasteiger partial charge in [0.25, 0.3) is 6.71 Å². The van der Waals surface area contributed by atoms with Crippen molar-refractivity contribution in [3.8, 4) is 67.5 Å². The molecule has 14 rings (SSSR count). The van der Waals surface area contributed by atoms with Gasteiger partial charge in [-0.15, -0.1) is 0 Å². The maximum atomic E-state index is 6.00. The molecule has 0 amide bonds. The average molecular weight is 1250 g/mol. The van der Waals surface area contributed by atoms with E-state index < -0.39 is 0 Å². The summed E-state index contributed by atoms with van der Waals surface area (Å²) in [5, 5.41) is 5.25. The van der Waals surface area contributed by atoms with Crippen LogP contribution in [0.5, 0.6) is 0 Å². The van der Waals surface area contributed by atoms with E-state index in [1.165, 1.54) is 138 Å². The number of aromatic nitrogens is 4. The van der Waals surface area contributed by atoms with Crippen molar-refractivity contribution in [3.05, 3.63) is 208 Å². The van der Waals surface area contributed by atoms with E-state index >= 15 is 0 Å². The van der Waals surface area contributed by atoms with Crippen molar-refractivity contribution in [2.45, 2.75) is 209 Å². The molecule has 0 spiro atoms. The molecule has 0 atom stereocenters. The Morgan fingerprint density at radius 2 is 0.611 bits per heavy atom. The molecule has 0 fully saturated rings. The van der Waals surface area contributed by atoms with E-state index in [1.54, 1.807) is 0 Å². The maximum Gasteiger partial charge on any atom is 0.252 e. The summed E-state index contributed by atoms with van der Waals surface area (Å²) in [5.74, 6) is 0.703. The lowest BCUT2D eigenvalue weighted by Crippen LogP contribution is -2.59. The Morgan fingerprint density at radius 3 is 0.926 bits per heavy atom. The monoisotopic (exact) mass is 1250 g/mol. The van der Waals surface area contributed by atoms with Gasteiger partial charge in [-0.25, -0.2) is 9.97 Å². The molecule has 482 valence electrons. The second kappa shape index (κ2) is 21.1. The lowest BCUT2D eigenvalue weighted by Gasteiger charge is -2.34. The summed E-state index contributed by atoms with van der Waals surface area (Å²) >= 11 is 0. The highest BCUT2D eigenvalue weighted by atomic mass is 15.0. The highest BCUT2D eigenvalue weighted by molar-refractivity contribution is 7.00. The minimum atomic E-state index is -0.203. The van der Waals surface area contributed by atoms with Crippen LogP contribution in [0.3, 0.4) is 0 Å². The lowest BCUT2D eigenvalue weighted by atomic mass is 9.34. The Morgan fingerprint density at radius 1 is 0.284 bits per heavy atom. The predicted octanol–water partition coefficient (Wildman–Crippen LogP) is 22.5. The summed E-state index contributed by atoms with van der Waals surface area (Å²) in [4.78, 5) is 12.0. The summed E-state index contributed by atoms with van der Waals surface area (Å²) < 4.78 is 5.44. The first-order valence-corrected chi connectivity index (χ1v) is 35.0. The van der Waals surface area contributed by atoms with Gasteiger partial charge in [-0.2, -0.15) is 0 Å². The zero-order chi connectivity index (χ0) is 68.1. The van der Waals surface area contributed by atoms with Gasteiger partial charge in [-0.1, -0.05) is 275 Å². The number of fused-ring (bicyclic) bond motifs is 10. The van der Waals surface area contributed by atoms with Crippen molar-refractivity contribution in [2.24, 2.45) is 0 Å². The predicted molar refractivity (Wildman–Crippen MR) is 412 cm³/mol. The molecular formula is C90H99BN4. The fraction of sp³-hybridized carbons (Fsp3) is 0.356. The van der Waals surface area contributed by atoms with E-state index in [-0.39, 0.29) is 50.0 Å². The van der Waals surface area contributed by atoms with Gasteiger partial charge < -0.3 is 9.13 Å². The second-order valence-corrected chi connectivity index (χ2v) is 36.5. The van der Waals surface area contributed by atoms with E-state index in [0.717, 1.165) is 28.1 Å². The Balaban J connectivity index is 1.23. The number of benzene rings is 9. The summed E-state index contributed by atoms with van der Waals surface area (Å²) in [6.07, 6.45) is 0. The van der Waals surface area contributed by atoms with Gasteiger partial charge >= 0.3 is 0 Å². The summed E-state index contributed by atoms with van der Waals surface area (Å²) in [6.45, 7) is 56.7. The van der Waals surface area contributed by atoms with Gasteiger partial charge in [-0.3, -0.25) is 0 Å². The summed E-state index contributed by atoms with van der Waals surface area (Å²) in [7, 11) is 0. The highest BCUT2D eigenvalue weighted by Gasteiger charge is 2.44. The van der Waals surface area contributed by atoms with Crippen LogP contribution in [0.15, 0.2) is 164 Å². The minimum Gasteiger partial charge on any atom is -0.310 e. The third-order valence-corrected chi connectivity index (χ3v) is 21.0. The van der Waals surface area contributed by atoms with Crippen LogP contribution < -0.4 is 16.4 Å². The van der Waals surface area contributed by atoms with Crippen molar-refractivity contribution in [3.63, 3.8) is 0 Å². The van der Waals surface area contributed by atoms with E-state index in [9.17, 15) is 0 Å². The Labute approximate surface area is 567 Å². The smallest absolute Gasteiger partial charge is 0.252 e. The maximum absolute atomic E-state index is 6.00. The van der Waals surface area contributed by atoms with E-state index in [1.807, 2.05) is 0 Å². The molecule has 3 aromatic heterocycles. The SMILES string of the molecule is CC(C)(C)c1cc(-c2cc(-c3cc(C(C)(C)C)cc(C(C)(C)C)c3)nc(-c3cc4c5c(c3)-n3c6cc(C(C)(C)C)cc(C(C)(C)C)c6c6c(-c7ccccc7)ccc(c63)B5c3ccc(-c5ccccc5)c5c6c(C(C)(C)C)cc(C(C)(C)C)cc6n-4c35)n2)cc(C(C)(C)C)c1. The van der Waals surface area contributed by atoms with Crippen LogP contribution in [0.25, 0.3) is 111 Å². The molecule has 12 aromatic rings. The second-order valence-electron chi connectivity index (χ2n) is 36.5. The molecular weight excluding hydrogens is 1150 g/mol. The third kappa shape index (κ3) is 10.6. The van der Waals surface area contributed by atoms with Crippen molar-refractivity contribution in [2.75, 3.05) is 0 Å². The van der Waals surface area contributed by atoms with Crippen LogP contribution in [0.2, 0.25) is 0 Å². The molecule has 0 aliphatic carbocycles. The molecule has 0 unspecified atom stereocenters. The Hall–Kier alpha value is -8.28. The minimum absolute atomic E-state index is 0.114. The molecule has 0 N–H and O–H groups in total. The third-order valence-electron chi connectivity index (χ3n) is 21.0. The molecule has 5 heteroatoms. The largest absolute Gasteiger partial charge is 0.310 e. The van der Waals surface area contributed by atoms with Crippen molar-refractivity contribution in [1.29, 1.82) is 0 Å². The van der Waals surface area contributed by atoms with Crippen molar-refractivity contribution >= 4 is 66.7 Å². The normalized spacial score (nSPS) is 13.9. The van der Waals surface area contributed by atoms with Crippen molar-refractivity contribution < 1.29 is 0 Å². The molecule has 4 nitrogen and oxygen atoms in total. The van der Waals surface area contributed by atoms with E-state index in [4.69, 9.17) is 9.97 Å². The molecule has 2 aliphatic heterocycles. The van der Waals surface area contributed by atoms with Gasteiger partial charge in [0.05, 0.1) is 33.5 Å². The lowest BCUT2D eigenvalue weighted by molar-refractivity contribution is 0.568. The molecule has 5 heterocycles. The number of hydrogen-bond acceptors (Lipinski definition) is 2. The van der Waals surface area contributed by atoms with Crippen LogP contribution in [-0.2, 0) is 43.3 Å². The molecule has 0 saturated carbocycles. The fourth-order valence-electron chi connectivity index (χ4n) is 15.4. The van der Waals surface area contributed by atoms with Gasteiger partial charge in [0.1, 0.15) is 0 Å². The van der Waals surface area contributed by atoms with Gasteiger partial charge in [0.15, 0.2) is 5.82 Å². The van der Waals surface area contributed by atoms with Gasteiger partial charge in [-0.05, 0) is 181 Å². The summed E-state index contributed by atoms with van der Waals surface area (Å²) in [6, 6.07) is 64.3. The molecule has 2 aliphatic rings. The summed E-state index contributed by atoms with van der Waals surface area (Å²) in [5.41, 5.74) is 30.6. The molecule has 95 heavy (non-hydrogen) atoms. The quantitative estimate of drug-likeness (QED) is 0.161. The topological polar surface area (TPSA) is 35.6 Å². The molecule has 9 aromatic carbocycles. The van der Waals surface area contributed by atoms with Gasteiger partial charge in [0.2, 0.25) is 0 Å². The van der Waals surface area contributed by atoms with Crippen LogP contribution in [0.4, 0.5) is 0 Å². The highest BCUT2D eigenvalue weighted by Crippen LogP contribution is 2.51. The molecule has 0 radical (unpaired) electrons. The fourth-order valence-corrected chi connectivity index (χ4v) is 15.4. The first kappa shape index (κ1) is 64.1. The van der Waals surface area contributed by atoms with Crippen LogP contribution in [0, 0.1) is 0 Å². The zero-order valence-electron chi connectivity index (χ0n) is 61.5. The van der Waals surface area contributed by atoms with E-state index in [2.05, 4.69) is 339 Å². The van der Waals surface area contributed by atoms with Gasteiger partial charge in [0, 0.05) is 49.6 Å². The van der Waals surface area contributed by atoms with Crippen LogP contribution in [0.1, 0.15) is 211 Å².